The summed E-state index contributed by atoms with van der Waals surface area (Å²) >= 11 is 0. The number of aryl methyl sites for hydroxylation is 1. The maximum absolute atomic E-state index is 13.0. The van der Waals surface area contributed by atoms with E-state index < -0.39 is 0 Å². The van der Waals surface area contributed by atoms with E-state index in [-0.39, 0.29) is 11.8 Å². The molecule has 3 aromatic rings. The first kappa shape index (κ1) is 18.7. The fourth-order valence-corrected chi connectivity index (χ4v) is 3.14. The van der Waals surface area contributed by atoms with Gasteiger partial charge in [-0.25, -0.2) is 0 Å². The first-order valence-corrected chi connectivity index (χ1v) is 9.07. The van der Waals surface area contributed by atoms with Crippen LogP contribution in [0.3, 0.4) is 0 Å². The van der Waals surface area contributed by atoms with Crippen LogP contribution in [0.2, 0.25) is 0 Å². The molecule has 140 valence electrons. The van der Waals surface area contributed by atoms with E-state index in [9.17, 15) is 9.59 Å². The first-order chi connectivity index (χ1) is 13.1. The Bertz CT molecular complexity index is 941. The number of hydrogen-bond donors (Lipinski definition) is 0. The summed E-state index contributed by atoms with van der Waals surface area (Å²) < 4.78 is 12.1. The van der Waals surface area contributed by atoms with Gasteiger partial charge in [0.05, 0.1) is 19.2 Å². The monoisotopic (exact) mass is 365 g/mol. The van der Waals surface area contributed by atoms with Crippen molar-refractivity contribution in [2.24, 2.45) is 0 Å². The van der Waals surface area contributed by atoms with Crippen LogP contribution in [0, 0.1) is 0 Å². The van der Waals surface area contributed by atoms with Crippen molar-refractivity contribution in [1.82, 2.24) is 4.40 Å². The lowest BCUT2D eigenvalue weighted by Gasteiger charge is -2.03. The zero-order chi connectivity index (χ0) is 19.2. The zero-order valence-corrected chi connectivity index (χ0v) is 15.6. The van der Waals surface area contributed by atoms with Gasteiger partial charge in [-0.05, 0) is 62.2 Å². The average molecular weight is 365 g/mol. The van der Waals surface area contributed by atoms with Gasteiger partial charge in [0.1, 0.15) is 5.75 Å². The molecule has 0 fully saturated rings. The van der Waals surface area contributed by atoms with Crippen LogP contribution in [0.25, 0.3) is 5.52 Å². The zero-order valence-electron chi connectivity index (χ0n) is 15.6. The molecule has 0 aliphatic heterocycles. The third-order valence-electron chi connectivity index (χ3n) is 4.47. The van der Waals surface area contributed by atoms with Crippen LogP contribution in [0.5, 0.6) is 5.75 Å². The highest BCUT2D eigenvalue weighted by molar-refractivity contribution is 6.13. The van der Waals surface area contributed by atoms with Crippen molar-refractivity contribution in [2.75, 3.05) is 13.7 Å². The van der Waals surface area contributed by atoms with E-state index in [1.165, 1.54) is 0 Å². The molecule has 5 nitrogen and oxygen atoms in total. The minimum Gasteiger partial charge on any atom is -0.497 e. The Kier molecular flexibility index (Phi) is 5.91. The summed E-state index contributed by atoms with van der Waals surface area (Å²) in [5, 5.41) is 0. The molecule has 0 unspecified atom stereocenters. The topological polar surface area (TPSA) is 57.0 Å². The van der Waals surface area contributed by atoms with Gasteiger partial charge in [0.2, 0.25) is 0 Å². The Labute approximate surface area is 158 Å². The molecule has 0 aliphatic rings. The number of nitrogens with zero attached hydrogens (tertiary/aromatic N) is 1. The van der Waals surface area contributed by atoms with Crippen LogP contribution in [0.4, 0.5) is 0 Å². The Morgan fingerprint density at radius 1 is 1.07 bits per heavy atom. The highest BCUT2D eigenvalue weighted by Crippen LogP contribution is 2.23. The number of rotatable bonds is 8. The summed E-state index contributed by atoms with van der Waals surface area (Å²) in [7, 11) is 1.60. The van der Waals surface area contributed by atoms with Crippen molar-refractivity contribution in [1.29, 1.82) is 0 Å². The molecule has 0 N–H and O–H groups in total. The van der Waals surface area contributed by atoms with E-state index >= 15 is 0 Å². The van der Waals surface area contributed by atoms with Gasteiger partial charge in [0.15, 0.2) is 5.78 Å². The number of esters is 1. The normalized spacial score (nSPS) is 10.7. The molecular formula is C22H23NO4. The summed E-state index contributed by atoms with van der Waals surface area (Å²) in [6.45, 7) is 2.20. The van der Waals surface area contributed by atoms with Gasteiger partial charge < -0.3 is 13.9 Å². The number of aromatic nitrogens is 1. The summed E-state index contributed by atoms with van der Waals surface area (Å²) in [5.74, 6) is 0.499. The van der Waals surface area contributed by atoms with Gasteiger partial charge in [0, 0.05) is 29.4 Å². The maximum atomic E-state index is 13.0. The number of methoxy groups -OCH3 is 1. The standard InChI is InChI=1S/C22H23NO4/c1-3-27-21(24)9-6-7-17-15-19(20-8-4-5-14-23(17)20)22(25)16-10-12-18(26-2)13-11-16/h4-5,8,10-15H,3,6-7,9H2,1-2H3. The predicted octanol–water partition coefficient (Wildman–Crippen LogP) is 4.06. The number of pyridine rings is 1. The molecule has 0 aliphatic carbocycles. The number of carbonyl (C=O) groups is 2. The van der Waals surface area contributed by atoms with Crippen molar-refractivity contribution >= 4 is 17.3 Å². The van der Waals surface area contributed by atoms with Gasteiger partial charge >= 0.3 is 5.97 Å². The van der Waals surface area contributed by atoms with Crippen molar-refractivity contribution in [2.45, 2.75) is 26.2 Å². The molecule has 27 heavy (non-hydrogen) atoms. The molecule has 0 amide bonds. The van der Waals surface area contributed by atoms with E-state index in [1.807, 2.05) is 34.9 Å². The second kappa shape index (κ2) is 8.54. The summed E-state index contributed by atoms with van der Waals surface area (Å²) in [6.07, 6.45) is 3.69. The largest absolute Gasteiger partial charge is 0.497 e. The molecule has 0 saturated carbocycles. The number of hydrogen-bond acceptors (Lipinski definition) is 4. The van der Waals surface area contributed by atoms with E-state index in [2.05, 4.69) is 0 Å². The smallest absolute Gasteiger partial charge is 0.305 e. The summed E-state index contributed by atoms with van der Waals surface area (Å²) in [4.78, 5) is 24.6. The highest BCUT2D eigenvalue weighted by Gasteiger charge is 2.17. The molecule has 0 saturated heterocycles. The predicted molar refractivity (Wildman–Crippen MR) is 103 cm³/mol. The fourth-order valence-electron chi connectivity index (χ4n) is 3.14. The van der Waals surface area contributed by atoms with E-state index in [1.54, 1.807) is 38.3 Å². The van der Waals surface area contributed by atoms with E-state index in [0.29, 0.717) is 42.7 Å². The number of ether oxygens (including phenoxy) is 2. The summed E-state index contributed by atoms with van der Waals surface area (Å²) in [6, 6.07) is 14.8. The lowest BCUT2D eigenvalue weighted by Crippen LogP contribution is -2.04. The molecule has 1 aromatic carbocycles. The highest BCUT2D eigenvalue weighted by atomic mass is 16.5. The number of benzene rings is 1. The van der Waals surface area contributed by atoms with E-state index in [0.717, 1.165) is 11.2 Å². The lowest BCUT2D eigenvalue weighted by atomic mass is 10.0. The molecule has 0 bridgehead atoms. The molecule has 0 atom stereocenters. The van der Waals surface area contributed by atoms with Gasteiger partial charge in [0.25, 0.3) is 0 Å². The van der Waals surface area contributed by atoms with E-state index in [4.69, 9.17) is 9.47 Å². The Hall–Kier alpha value is -3.08. The second-order valence-electron chi connectivity index (χ2n) is 6.22. The molecule has 3 rings (SSSR count). The third-order valence-corrected chi connectivity index (χ3v) is 4.47. The second-order valence-corrected chi connectivity index (χ2v) is 6.22. The van der Waals surface area contributed by atoms with Crippen LogP contribution in [0.15, 0.2) is 54.7 Å². The lowest BCUT2D eigenvalue weighted by molar-refractivity contribution is -0.143. The van der Waals surface area contributed by atoms with Crippen LogP contribution in [-0.4, -0.2) is 29.9 Å². The van der Waals surface area contributed by atoms with Crippen LogP contribution in [-0.2, 0) is 16.0 Å². The maximum Gasteiger partial charge on any atom is 0.305 e. The SMILES string of the molecule is CCOC(=O)CCCc1cc(C(=O)c2ccc(OC)cc2)c2ccccn12. The molecule has 5 heteroatoms. The first-order valence-electron chi connectivity index (χ1n) is 9.07. The molecule has 0 radical (unpaired) electrons. The average Bonchev–Trinajstić information content (AvgIpc) is 3.06. The molecule has 2 aromatic heterocycles. The number of fused-ring (bicyclic) bond motifs is 1. The van der Waals surface area contributed by atoms with Crippen LogP contribution < -0.4 is 4.74 Å². The minimum absolute atomic E-state index is 0.0296. The Morgan fingerprint density at radius 3 is 2.56 bits per heavy atom. The number of ketones is 1. The fraction of sp³-hybridized carbons (Fsp3) is 0.273. The van der Waals surface area contributed by atoms with Gasteiger partial charge in [-0.3, -0.25) is 9.59 Å². The Balaban J connectivity index is 1.85. The van der Waals surface area contributed by atoms with Crippen molar-refractivity contribution in [3.63, 3.8) is 0 Å². The minimum atomic E-state index is -0.187. The van der Waals surface area contributed by atoms with Gasteiger partial charge in [-0.2, -0.15) is 0 Å². The van der Waals surface area contributed by atoms with Crippen molar-refractivity contribution < 1.29 is 19.1 Å². The summed E-state index contributed by atoms with van der Waals surface area (Å²) in [5.41, 5.74) is 3.15. The molecular weight excluding hydrogens is 342 g/mol. The van der Waals surface area contributed by atoms with Crippen molar-refractivity contribution in [3.8, 4) is 5.75 Å². The quantitative estimate of drug-likeness (QED) is 0.446. The molecule has 2 heterocycles. The van der Waals surface area contributed by atoms with Crippen LogP contribution >= 0.6 is 0 Å². The van der Waals surface area contributed by atoms with Crippen LogP contribution in [0.1, 0.15) is 41.4 Å². The Morgan fingerprint density at radius 2 is 1.85 bits per heavy atom. The molecule has 0 spiro atoms. The van der Waals surface area contributed by atoms with Crippen molar-refractivity contribution in [3.05, 3.63) is 71.5 Å². The van der Waals surface area contributed by atoms with Gasteiger partial charge in [-0.1, -0.05) is 6.07 Å². The van der Waals surface area contributed by atoms with Gasteiger partial charge in [-0.15, -0.1) is 0 Å². The third kappa shape index (κ3) is 4.19. The number of carbonyl (C=O) groups excluding carboxylic acids is 2.